The van der Waals surface area contributed by atoms with Gasteiger partial charge in [0.05, 0.1) is 18.8 Å². The number of hydrogen-bond donors (Lipinski definition) is 2. The molecule has 0 unspecified atom stereocenters. The molecule has 0 spiro atoms. The first kappa shape index (κ1) is 25.1. The molecule has 0 aromatic heterocycles. The first-order chi connectivity index (χ1) is 14.9. The minimum atomic E-state index is -0.333. The van der Waals surface area contributed by atoms with Crippen LogP contribution in [0.4, 0.5) is 5.69 Å². The molecule has 2 aromatic rings. The van der Waals surface area contributed by atoms with Gasteiger partial charge < -0.3 is 14.8 Å². The molecule has 168 valence electrons. The lowest BCUT2D eigenvalue weighted by molar-refractivity contribution is 0.0973. The highest BCUT2D eigenvalue weighted by molar-refractivity contribution is 9.10. The van der Waals surface area contributed by atoms with Gasteiger partial charge in [0.1, 0.15) is 11.5 Å². The van der Waals surface area contributed by atoms with Crippen molar-refractivity contribution in [2.24, 2.45) is 5.92 Å². The van der Waals surface area contributed by atoms with Crippen molar-refractivity contribution in [2.45, 2.75) is 46.5 Å². The molecular formula is C24H31BrN2O3S. The van der Waals surface area contributed by atoms with Crippen molar-refractivity contribution in [1.82, 2.24) is 5.32 Å². The average Bonchev–Trinajstić information content (AvgIpc) is 2.72. The predicted octanol–water partition coefficient (Wildman–Crippen LogP) is 6.57. The van der Waals surface area contributed by atoms with Crippen molar-refractivity contribution in [1.29, 1.82) is 0 Å². The molecule has 0 fully saturated rings. The van der Waals surface area contributed by atoms with Crippen molar-refractivity contribution < 1.29 is 14.3 Å². The molecule has 5 nitrogen and oxygen atoms in total. The Bertz CT molecular complexity index is 874. The monoisotopic (exact) mass is 506 g/mol. The molecule has 0 aliphatic heterocycles. The number of rotatable bonds is 11. The fraction of sp³-hybridized carbons (Fsp3) is 0.417. The zero-order valence-electron chi connectivity index (χ0n) is 18.4. The quantitative estimate of drug-likeness (QED) is 0.266. The zero-order valence-corrected chi connectivity index (χ0v) is 20.8. The van der Waals surface area contributed by atoms with Crippen LogP contribution >= 0.6 is 28.1 Å². The van der Waals surface area contributed by atoms with Gasteiger partial charge in [-0.15, -0.1) is 0 Å². The number of halogens is 1. The van der Waals surface area contributed by atoms with Crippen LogP contribution in [-0.4, -0.2) is 24.2 Å². The number of benzene rings is 2. The van der Waals surface area contributed by atoms with E-state index in [1.807, 2.05) is 30.3 Å². The number of thiocarbonyl (C=S) groups is 1. The number of unbranched alkanes of at least 4 members (excludes halogenated alkanes) is 3. The maximum absolute atomic E-state index is 12.8. The summed E-state index contributed by atoms with van der Waals surface area (Å²) in [7, 11) is 0. The summed E-state index contributed by atoms with van der Waals surface area (Å²) in [5.74, 6) is 1.31. The number of nitrogens with one attached hydrogen (secondary N) is 2. The molecule has 2 aromatic carbocycles. The summed E-state index contributed by atoms with van der Waals surface area (Å²) in [6.07, 6.45) is 4.63. The Morgan fingerprint density at radius 3 is 2.65 bits per heavy atom. The lowest BCUT2D eigenvalue weighted by Gasteiger charge is -2.15. The maximum atomic E-state index is 12.8. The minimum absolute atomic E-state index is 0.208. The highest BCUT2D eigenvalue weighted by atomic mass is 79.9. The summed E-state index contributed by atoms with van der Waals surface area (Å²) in [5.41, 5.74) is 1.17. The van der Waals surface area contributed by atoms with E-state index in [1.54, 1.807) is 12.1 Å². The van der Waals surface area contributed by atoms with E-state index >= 15 is 0 Å². The van der Waals surface area contributed by atoms with Crippen LogP contribution in [-0.2, 0) is 0 Å². The van der Waals surface area contributed by atoms with Crippen molar-refractivity contribution in [2.75, 3.05) is 18.5 Å². The summed E-state index contributed by atoms with van der Waals surface area (Å²) >= 11 is 8.75. The molecule has 0 heterocycles. The summed E-state index contributed by atoms with van der Waals surface area (Å²) < 4.78 is 12.4. The topological polar surface area (TPSA) is 59.6 Å². The Labute approximate surface area is 199 Å². The second-order valence-electron chi connectivity index (χ2n) is 7.69. The lowest BCUT2D eigenvalue weighted by atomic mass is 10.2. The molecule has 7 heteroatoms. The first-order valence-electron chi connectivity index (χ1n) is 10.7. The molecule has 31 heavy (non-hydrogen) atoms. The molecule has 0 saturated heterocycles. The predicted molar refractivity (Wildman–Crippen MR) is 134 cm³/mol. The minimum Gasteiger partial charge on any atom is -0.494 e. The molecule has 0 aliphatic carbocycles. The van der Waals surface area contributed by atoms with Gasteiger partial charge in [-0.05, 0) is 54.9 Å². The zero-order chi connectivity index (χ0) is 22.6. The molecule has 0 aliphatic rings. The molecule has 0 atom stereocenters. The van der Waals surface area contributed by atoms with Crippen LogP contribution in [0.15, 0.2) is 46.9 Å². The van der Waals surface area contributed by atoms with Gasteiger partial charge in [0.25, 0.3) is 5.91 Å². The third-order valence-electron chi connectivity index (χ3n) is 4.34. The maximum Gasteiger partial charge on any atom is 0.261 e. The van der Waals surface area contributed by atoms with Crippen LogP contribution in [0.5, 0.6) is 11.5 Å². The Balaban J connectivity index is 1.94. The Morgan fingerprint density at radius 2 is 1.90 bits per heavy atom. The van der Waals surface area contributed by atoms with Crippen LogP contribution in [0.2, 0.25) is 0 Å². The van der Waals surface area contributed by atoms with Gasteiger partial charge in [-0.25, -0.2) is 0 Å². The third kappa shape index (κ3) is 9.27. The molecular weight excluding hydrogens is 476 g/mol. The van der Waals surface area contributed by atoms with E-state index in [0.29, 0.717) is 30.4 Å². The fourth-order valence-corrected chi connectivity index (χ4v) is 3.35. The molecule has 0 saturated carbocycles. The standard InChI is InChI=1S/C24H31BrN2O3S/c1-4-5-6-7-13-29-20-10-8-9-19(15-20)26-24(31)27-23(28)21-14-18(25)11-12-22(21)30-16-17(2)3/h8-12,14-15,17H,4-7,13,16H2,1-3H3,(H2,26,27,28,31). The number of hydrogen-bond acceptors (Lipinski definition) is 4. The van der Waals surface area contributed by atoms with Gasteiger partial charge in [-0.2, -0.15) is 0 Å². The Morgan fingerprint density at radius 1 is 1.10 bits per heavy atom. The molecule has 0 bridgehead atoms. The van der Waals surface area contributed by atoms with Crippen LogP contribution in [0.1, 0.15) is 56.8 Å². The fourth-order valence-electron chi connectivity index (χ4n) is 2.78. The number of carbonyl (C=O) groups is 1. The average molecular weight is 507 g/mol. The summed E-state index contributed by atoms with van der Waals surface area (Å²) in [6, 6.07) is 12.9. The van der Waals surface area contributed by atoms with Crippen LogP contribution in [0, 0.1) is 5.92 Å². The first-order valence-corrected chi connectivity index (χ1v) is 11.9. The van der Waals surface area contributed by atoms with Crippen molar-refractivity contribution in [3.8, 4) is 11.5 Å². The highest BCUT2D eigenvalue weighted by Crippen LogP contribution is 2.24. The number of ether oxygens (including phenoxy) is 2. The smallest absolute Gasteiger partial charge is 0.261 e. The summed E-state index contributed by atoms with van der Waals surface area (Å²) in [6.45, 7) is 7.51. The van der Waals surface area contributed by atoms with E-state index in [1.165, 1.54) is 19.3 Å². The van der Waals surface area contributed by atoms with Crippen molar-refractivity contribution in [3.05, 3.63) is 52.5 Å². The number of amides is 1. The second kappa shape index (κ2) is 13.3. The lowest BCUT2D eigenvalue weighted by Crippen LogP contribution is -2.34. The van der Waals surface area contributed by atoms with E-state index in [0.717, 1.165) is 22.3 Å². The van der Waals surface area contributed by atoms with Gasteiger partial charge in [0.2, 0.25) is 0 Å². The number of anilines is 1. The molecule has 2 N–H and O–H groups in total. The van der Waals surface area contributed by atoms with Gasteiger partial charge in [-0.1, -0.05) is 62.0 Å². The van der Waals surface area contributed by atoms with E-state index in [-0.39, 0.29) is 11.0 Å². The van der Waals surface area contributed by atoms with Crippen LogP contribution < -0.4 is 20.1 Å². The highest BCUT2D eigenvalue weighted by Gasteiger charge is 2.15. The molecule has 0 radical (unpaired) electrons. The van der Waals surface area contributed by atoms with Crippen molar-refractivity contribution >= 4 is 44.9 Å². The summed E-state index contributed by atoms with van der Waals surface area (Å²) in [4.78, 5) is 12.8. The second-order valence-corrected chi connectivity index (χ2v) is 9.01. The molecule has 1 amide bonds. The summed E-state index contributed by atoms with van der Waals surface area (Å²) in [5, 5.41) is 5.98. The van der Waals surface area contributed by atoms with Gasteiger partial charge >= 0.3 is 0 Å². The SMILES string of the molecule is CCCCCCOc1cccc(NC(=S)NC(=O)c2cc(Br)ccc2OCC(C)C)c1. The van der Waals surface area contributed by atoms with E-state index < -0.39 is 0 Å². The van der Waals surface area contributed by atoms with Crippen LogP contribution in [0.3, 0.4) is 0 Å². The van der Waals surface area contributed by atoms with Gasteiger partial charge in [-0.3, -0.25) is 10.1 Å². The van der Waals surface area contributed by atoms with Crippen molar-refractivity contribution in [3.63, 3.8) is 0 Å². The molecule has 2 rings (SSSR count). The van der Waals surface area contributed by atoms with E-state index in [2.05, 4.69) is 47.3 Å². The third-order valence-corrected chi connectivity index (χ3v) is 5.04. The van der Waals surface area contributed by atoms with E-state index in [9.17, 15) is 4.79 Å². The van der Waals surface area contributed by atoms with Gasteiger partial charge in [0, 0.05) is 16.2 Å². The normalized spacial score (nSPS) is 10.6. The largest absolute Gasteiger partial charge is 0.494 e. The Hall–Kier alpha value is -2.12. The Kier molecular flexibility index (Phi) is 10.8. The van der Waals surface area contributed by atoms with E-state index in [4.69, 9.17) is 21.7 Å². The van der Waals surface area contributed by atoms with Gasteiger partial charge in [0.15, 0.2) is 5.11 Å². The van der Waals surface area contributed by atoms with Crippen LogP contribution in [0.25, 0.3) is 0 Å². The number of carbonyl (C=O) groups excluding carboxylic acids is 1.